The van der Waals surface area contributed by atoms with Crippen LogP contribution in [0.15, 0.2) is 106 Å². The molecule has 0 aliphatic heterocycles. The summed E-state index contributed by atoms with van der Waals surface area (Å²) in [4.78, 5) is 24.3. The molecule has 2 amide bonds. The van der Waals surface area contributed by atoms with Gasteiger partial charge in [-0.05, 0) is 78.4 Å². The van der Waals surface area contributed by atoms with Crippen molar-refractivity contribution in [3.63, 3.8) is 0 Å². The van der Waals surface area contributed by atoms with E-state index in [4.69, 9.17) is 9.47 Å². The lowest BCUT2D eigenvalue weighted by molar-refractivity contribution is -0.124. The Morgan fingerprint density at radius 1 is 0.553 bits per heavy atom. The summed E-state index contributed by atoms with van der Waals surface area (Å²) in [7, 11) is 0. The molecule has 0 aliphatic rings. The minimum absolute atomic E-state index is 0.132. The van der Waals surface area contributed by atoms with Crippen LogP contribution in [0, 0.1) is 0 Å². The molecule has 4 aromatic carbocycles. The molecule has 194 valence electrons. The Labute approximate surface area is 238 Å². The van der Waals surface area contributed by atoms with Gasteiger partial charge >= 0.3 is 0 Å². The number of carbonyl (C=O) groups excluding carboxylic acids is 2. The Balaban J connectivity index is 1.14. The Kier molecular flexibility index (Phi) is 9.95. The average molecular weight is 638 g/mol. The predicted molar refractivity (Wildman–Crippen MR) is 156 cm³/mol. The number of halogens is 2. The van der Waals surface area contributed by atoms with Gasteiger partial charge in [-0.15, -0.1) is 0 Å². The van der Waals surface area contributed by atoms with Gasteiger partial charge in [0.15, 0.2) is 13.2 Å². The van der Waals surface area contributed by atoms with Crippen LogP contribution < -0.4 is 20.1 Å². The lowest BCUT2D eigenvalue weighted by Gasteiger charge is -2.12. The summed E-state index contributed by atoms with van der Waals surface area (Å²) < 4.78 is 12.8. The van der Waals surface area contributed by atoms with Crippen molar-refractivity contribution in [2.24, 2.45) is 0 Å². The Hall–Kier alpha value is -3.62. The number of amides is 2. The van der Waals surface area contributed by atoms with Crippen molar-refractivity contribution in [3.8, 4) is 33.8 Å². The molecule has 0 saturated heterocycles. The molecular weight excluding hydrogens is 612 g/mol. The molecule has 2 N–H and O–H groups in total. The van der Waals surface area contributed by atoms with E-state index in [9.17, 15) is 9.59 Å². The molecule has 38 heavy (non-hydrogen) atoms. The van der Waals surface area contributed by atoms with Gasteiger partial charge in [0.2, 0.25) is 0 Å². The highest BCUT2D eigenvalue weighted by Crippen LogP contribution is 2.31. The zero-order chi connectivity index (χ0) is 26.7. The van der Waals surface area contributed by atoms with Crippen molar-refractivity contribution in [2.45, 2.75) is 0 Å². The monoisotopic (exact) mass is 636 g/mol. The standard InChI is InChI=1S/C30H26Br2N2O4/c31-25-17-23(21-7-3-1-4-8-21)11-13-27(25)37-19-29(35)33-15-16-34-30(36)20-38-28-14-12-24(18-26(28)32)22-9-5-2-6-10-22/h1-14,17-18H,15-16,19-20H2,(H,33,35)(H,34,36). The Morgan fingerprint density at radius 2 is 0.947 bits per heavy atom. The fourth-order valence-electron chi connectivity index (χ4n) is 3.65. The maximum absolute atomic E-state index is 12.1. The van der Waals surface area contributed by atoms with Gasteiger partial charge in [-0.1, -0.05) is 72.8 Å². The van der Waals surface area contributed by atoms with Crippen LogP contribution in [0.1, 0.15) is 0 Å². The molecule has 0 unspecified atom stereocenters. The van der Waals surface area contributed by atoms with E-state index < -0.39 is 0 Å². The van der Waals surface area contributed by atoms with E-state index in [0.717, 1.165) is 31.2 Å². The van der Waals surface area contributed by atoms with Crippen LogP contribution >= 0.6 is 31.9 Å². The second-order valence-electron chi connectivity index (χ2n) is 8.30. The highest BCUT2D eigenvalue weighted by atomic mass is 79.9. The van der Waals surface area contributed by atoms with E-state index >= 15 is 0 Å². The highest BCUT2D eigenvalue weighted by molar-refractivity contribution is 9.11. The number of hydrogen-bond donors (Lipinski definition) is 2. The van der Waals surface area contributed by atoms with Crippen LogP contribution in [0.2, 0.25) is 0 Å². The van der Waals surface area contributed by atoms with Crippen LogP contribution in [0.5, 0.6) is 11.5 Å². The quantitative estimate of drug-likeness (QED) is 0.191. The Morgan fingerprint density at radius 3 is 1.32 bits per heavy atom. The van der Waals surface area contributed by atoms with E-state index in [2.05, 4.69) is 42.5 Å². The van der Waals surface area contributed by atoms with Gasteiger partial charge in [-0.2, -0.15) is 0 Å². The molecule has 0 saturated carbocycles. The molecule has 0 bridgehead atoms. The van der Waals surface area contributed by atoms with Crippen molar-refractivity contribution >= 4 is 43.7 Å². The first-order valence-electron chi connectivity index (χ1n) is 12.0. The molecule has 8 heteroatoms. The molecule has 0 radical (unpaired) electrons. The minimum atomic E-state index is -0.281. The van der Waals surface area contributed by atoms with Gasteiger partial charge in [0.1, 0.15) is 11.5 Å². The molecule has 4 rings (SSSR count). The van der Waals surface area contributed by atoms with Crippen molar-refractivity contribution in [1.82, 2.24) is 10.6 Å². The fourth-order valence-corrected chi connectivity index (χ4v) is 4.64. The SMILES string of the molecule is O=C(COc1ccc(-c2ccccc2)cc1Br)NCCNC(=O)COc1ccc(-c2ccccc2)cc1Br. The first-order chi connectivity index (χ1) is 18.5. The van der Waals surface area contributed by atoms with Crippen molar-refractivity contribution in [1.29, 1.82) is 0 Å². The number of carbonyl (C=O) groups is 2. The summed E-state index contributed by atoms with van der Waals surface area (Å²) in [5, 5.41) is 5.45. The lowest BCUT2D eigenvalue weighted by Crippen LogP contribution is -2.38. The minimum Gasteiger partial charge on any atom is -0.483 e. The van der Waals surface area contributed by atoms with Crippen LogP contribution in [-0.4, -0.2) is 38.1 Å². The zero-order valence-corrected chi connectivity index (χ0v) is 23.6. The molecule has 6 nitrogen and oxygen atoms in total. The van der Waals surface area contributed by atoms with Crippen molar-refractivity contribution in [3.05, 3.63) is 106 Å². The Bertz CT molecular complexity index is 1270. The van der Waals surface area contributed by atoms with Crippen molar-refractivity contribution in [2.75, 3.05) is 26.3 Å². The third-order valence-corrected chi connectivity index (χ3v) is 6.80. The predicted octanol–water partition coefficient (Wildman–Crippen LogP) is 6.24. The lowest BCUT2D eigenvalue weighted by atomic mass is 10.1. The maximum Gasteiger partial charge on any atom is 0.258 e. The maximum atomic E-state index is 12.1. The summed E-state index contributed by atoms with van der Waals surface area (Å²) in [5.41, 5.74) is 4.29. The number of benzene rings is 4. The summed E-state index contributed by atoms with van der Waals surface area (Å²) in [5.74, 6) is 0.593. The second-order valence-corrected chi connectivity index (χ2v) is 10.0. The first-order valence-corrected chi connectivity index (χ1v) is 13.6. The van der Waals surface area contributed by atoms with Crippen LogP contribution in [0.3, 0.4) is 0 Å². The third kappa shape index (κ3) is 7.94. The van der Waals surface area contributed by atoms with E-state index in [1.807, 2.05) is 97.1 Å². The number of nitrogens with one attached hydrogen (secondary N) is 2. The topological polar surface area (TPSA) is 76.7 Å². The third-order valence-electron chi connectivity index (χ3n) is 5.56. The normalized spacial score (nSPS) is 10.5. The van der Waals surface area contributed by atoms with Gasteiger partial charge in [-0.3, -0.25) is 9.59 Å². The van der Waals surface area contributed by atoms with Gasteiger partial charge in [0, 0.05) is 13.1 Å². The molecule has 0 aromatic heterocycles. The average Bonchev–Trinajstić information content (AvgIpc) is 2.95. The highest BCUT2D eigenvalue weighted by Gasteiger charge is 2.09. The largest absolute Gasteiger partial charge is 0.483 e. The van der Waals surface area contributed by atoms with E-state index in [0.29, 0.717) is 11.5 Å². The molecule has 4 aromatic rings. The first kappa shape index (κ1) is 27.4. The van der Waals surface area contributed by atoms with Gasteiger partial charge in [-0.25, -0.2) is 0 Å². The van der Waals surface area contributed by atoms with E-state index in [1.54, 1.807) is 0 Å². The molecule has 0 aliphatic carbocycles. The molecule has 0 atom stereocenters. The summed E-state index contributed by atoms with van der Waals surface area (Å²) in [6.45, 7) is 0.287. The van der Waals surface area contributed by atoms with Crippen molar-refractivity contribution < 1.29 is 19.1 Å². The van der Waals surface area contributed by atoms with Gasteiger partial charge < -0.3 is 20.1 Å². The summed E-state index contributed by atoms with van der Waals surface area (Å²) in [6, 6.07) is 31.5. The van der Waals surface area contributed by atoms with Crippen LogP contribution in [0.25, 0.3) is 22.3 Å². The number of rotatable bonds is 11. The van der Waals surface area contributed by atoms with Crippen LogP contribution in [0.4, 0.5) is 0 Å². The van der Waals surface area contributed by atoms with E-state index in [-0.39, 0.29) is 38.1 Å². The number of ether oxygens (including phenoxy) is 2. The zero-order valence-electron chi connectivity index (χ0n) is 20.5. The van der Waals surface area contributed by atoms with Gasteiger partial charge in [0.25, 0.3) is 11.8 Å². The summed E-state index contributed by atoms with van der Waals surface area (Å²) in [6.07, 6.45) is 0. The fraction of sp³-hybridized carbons (Fsp3) is 0.133. The molecule has 0 spiro atoms. The number of hydrogen-bond acceptors (Lipinski definition) is 4. The molecular formula is C30H26Br2N2O4. The molecule has 0 fully saturated rings. The van der Waals surface area contributed by atoms with E-state index in [1.165, 1.54) is 0 Å². The molecule has 0 heterocycles. The smallest absolute Gasteiger partial charge is 0.258 e. The summed E-state index contributed by atoms with van der Waals surface area (Å²) >= 11 is 7.01. The second kappa shape index (κ2) is 13.8. The van der Waals surface area contributed by atoms with Crippen LogP contribution in [-0.2, 0) is 9.59 Å². The van der Waals surface area contributed by atoms with Gasteiger partial charge in [0.05, 0.1) is 8.95 Å².